The average molecular weight is 332 g/mol. The van der Waals surface area contributed by atoms with Crippen molar-refractivity contribution < 1.29 is 4.79 Å². The van der Waals surface area contributed by atoms with E-state index in [9.17, 15) is 4.79 Å². The van der Waals surface area contributed by atoms with Gasteiger partial charge in [-0.25, -0.2) is 0 Å². The van der Waals surface area contributed by atoms with Gasteiger partial charge in [0.1, 0.15) is 0 Å². The molecule has 5 heteroatoms. The van der Waals surface area contributed by atoms with Crippen molar-refractivity contribution in [2.24, 2.45) is 0 Å². The summed E-state index contributed by atoms with van der Waals surface area (Å²) in [7, 11) is 0. The van der Waals surface area contributed by atoms with Crippen molar-refractivity contribution >= 4 is 21.8 Å². The summed E-state index contributed by atoms with van der Waals surface area (Å²) in [6, 6.07) is 7.77. The summed E-state index contributed by atoms with van der Waals surface area (Å²) in [5, 5.41) is 0. The van der Waals surface area contributed by atoms with Crippen molar-refractivity contribution in [3.05, 3.63) is 57.6 Å². The Kier molecular flexibility index (Phi) is 3.53. The number of aryl methyl sites for hydroxylation is 1. The zero-order chi connectivity index (χ0) is 14.1. The molecule has 0 fully saturated rings. The first kappa shape index (κ1) is 13.2. The molecular weight excluding hydrogens is 318 g/mol. The number of aromatic nitrogens is 2. The molecular formula is C15H14BrN3O. The summed E-state index contributed by atoms with van der Waals surface area (Å²) < 4.78 is 0.823. The number of carbonyl (C=O) groups is 1. The molecule has 0 saturated carbocycles. The minimum absolute atomic E-state index is 0.0487. The van der Waals surface area contributed by atoms with Crippen LogP contribution in [0.2, 0.25) is 0 Å². The van der Waals surface area contributed by atoms with Crippen molar-refractivity contribution in [1.82, 2.24) is 14.9 Å². The molecule has 0 aromatic carbocycles. The lowest BCUT2D eigenvalue weighted by atomic mass is 10.2. The van der Waals surface area contributed by atoms with Gasteiger partial charge in [-0.1, -0.05) is 6.07 Å². The summed E-state index contributed by atoms with van der Waals surface area (Å²) in [6.07, 6.45) is 2.49. The van der Waals surface area contributed by atoms with Gasteiger partial charge in [0.25, 0.3) is 5.91 Å². The number of hydrogen-bond donors (Lipinski definition) is 0. The van der Waals surface area contributed by atoms with E-state index in [-0.39, 0.29) is 5.91 Å². The minimum Gasteiger partial charge on any atom is -0.332 e. The van der Waals surface area contributed by atoms with Crippen LogP contribution in [-0.2, 0) is 13.0 Å². The van der Waals surface area contributed by atoms with E-state index in [1.807, 2.05) is 36.1 Å². The monoisotopic (exact) mass is 331 g/mol. The maximum atomic E-state index is 12.3. The molecule has 0 radical (unpaired) electrons. The fraction of sp³-hybridized carbons (Fsp3) is 0.267. The number of nitrogens with zero attached hydrogens (tertiary/aromatic N) is 3. The van der Waals surface area contributed by atoms with Gasteiger partial charge in [-0.2, -0.15) is 0 Å². The van der Waals surface area contributed by atoms with E-state index in [0.29, 0.717) is 18.7 Å². The Morgan fingerprint density at radius 3 is 2.95 bits per heavy atom. The number of amides is 1. The van der Waals surface area contributed by atoms with Gasteiger partial charge in [-0.3, -0.25) is 14.8 Å². The molecule has 1 aliphatic heterocycles. The highest BCUT2D eigenvalue weighted by Crippen LogP contribution is 2.27. The normalized spacial score (nSPS) is 13.7. The largest absolute Gasteiger partial charge is 0.332 e. The number of hydrogen-bond acceptors (Lipinski definition) is 3. The van der Waals surface area contributed by atoms with Gasteiger partial charge in [-0.05, 0) is 41.1 Å². The smallest absolute Gasteiger partial charge is 0.257 e. The molecule has 0 unspecified atom stereocenters. The van der Waals surface area contributed by atoms with E-state index in [0.717, 1.165) is 28.0 Å². The first-order valence-electron chi connectivity index (χ1n) is 6.50. The fourth-order valence-electron chi connectivity index (χ4n) is 2.40. The Bertz CT molecular complexity index is 672. The molecule has 20 heavy (non-hydrogen) atoms. The maximum absolute atomic E-state index is 12.3. The van der Waals surface area contributed by atoms with Gasteiger partial charge in [-0.15, -0.1) is 0 Å². The van der Waals surface area contributed by atoms with Gasteiger partial charge in [0.15, 0.2) is 0 Å². The molecule has 4 nitrogen and oxygen atoms in total. The van der Waals surface area contributed by atoms with E-state index in [1.54, 1.807) is 6.20 Å². The molecule has 0 bridgehead atoms. The quantitative estimate of drug-likeness (QED) is 0.868. The summed E-state index contributed by atoms with van der Waals surface area (Å²) in [6.45, 7) is 3.22. The maximum Gasteiger partial charge on any atom is 0.257 e. The van der Waals surface area contributed by atoms with Gasteiger partial charge in [0.05, 0.1) is 17.8 Å². The lowest BCUT2D eigenvalue weighted by Crippen LogP contribution is -2.26. The summed E-state index contributed by atoms with van der Waals surface area (Å²) in [5.41, 5.74) is 3.56. The van der Waals surface area contributed by atoms with Crippen molar-refractivity contribution in [1.29, 1.82) is 0 Å². The molecule has 3 rings (SSSR count). The van der Waals surface area contributed by atoms with Crippen LogP contribution in [0.5, 0.6) is 0 Å². The number of rotatable bonds is 3. The zero-order valence-corrected chi connectivity index (χ0v) is 12.7. The number of halogens is 1. The Morgan fingerprint density at radius 2 is 2.20 bits per heavy atom. The first-order chi connectivity index (χ1) is 9.65. The van der Waals surface area contributed by atoms with Crippen molar-refractivity contribution in [3.63, 3.8) is 0 Å². The van der Waals surface area contributed by atoms with Crippen molar-refractivity contribution in [2.45, 2.75) is 19.9 Å². The molecule has 0 spiro atoms. The third-order valence-electron chi connectivity index (χ3n) is 3.40. The predicted octanol–water partition coefficient (Wildman–Crippen LogP) is 2.75. The molecule has 0 saturated heterocycles. The van der Waals surface area contributed by atoms with Crippen molar-refractivity contribution in [3.8, 4) is 0 Å². The van der Waals surface area contributed by atoms with E-state index < -0.39 is 0 Å². The highest BCUT2D eigenvalue weighted by Gasteiger charge is 2.30. The molecule has 2 aromatic heterocycles. The molecule has 3 heterocycles. The Morgan fingerprint density at radius 1 is 1.35 bits per heavy atom. The van der Waals surface area contributed by atoms with Gasteiger partial charge in [0.2, 0.25) is 0 Å². The highest BCUT2D eigenvalue weighted by molar-refractivity contribution is 9.10. The number of pyridine rings is 2. The van der Waals surface area contributed by atoms with Gasteiger partial charge < -0.3 is 4.90 Å². The minimum atomic E-state index is 0.0487. The third-order valence-corrected chi connectivity index (χ3v) is 4.07. The van der Waals surface area contributed by atoms with E-state index in [4.69, 9.17) is 0 Å². The molecule has 1 aliphatic rings. The highest BCUT2D eigenvalue weighted by atomic mass is 79.9. The zero-order valence-electron chi connectivity index (χ0n) is 11.1. The fourth-order valence-corrected chi connectivity index (χ4v) is 2.92. The Labute approximate surface area is 126 Å². The summed E-state index contributed by atoms with van der Waals surface area (Å²) in [5.74, 6) is 0.0487. The van der Waals surface area contributed by atoms with Crippen LogP contribution in [0.1, 0.15) is 27.4 Å². The molecule has 0 aliphatic carbocycles. The average Bonchev–Trinajstić information content (AvgIpc) is 2.75. The second kappa shape index (κ2) is 5.32. The van der Waals surface area contributed by atoms with Gasteiger partial charge in [0, 0.05) is 35.0 Å². The van der Waals surface area contributed by atoms with Crippen LogP contribution in [0.15, 0.2) is 34.9 Å². The van der Waals surface area contributed by atoms with Crippen LogP contribution in [0.4, 0.5) is 0 Å². The van der Waals surface area contributed by atoms with E-state index >= 15 is 0 Å². The molecule has 1 amide bonds. The number of carbonyl (C=O) groups excluding carboxylic acids is 1. The molecule has 0 atom stereocenters. The second-order valence-corrected chi connectivity index (χ2v) is 5.72. The molecule has 102 valence electrons. The number of fused-ring (bicyclic) bond motifs is 1. The predicted molar refractivity (Wildman–Crippen MR) is 79.4 cm³/mol. The topological polar surface area (TPSA) is 46.1 Å². The second-order valence-electron chi connectivity index (χ2n) is 4.86. The Balaban J connectivity index is 1.72. The van der Waals surface area contributed by atoms with Crippen molar-refractivity contribution in [2.75, 3.05) is 6.54 Å². The Hall–Kier alpha value is -1.75. The van der Waals surface area contributed by atoms with E-state index in [2.05, 4.69) is 25.9 Å². The molecule has 2 aromatic rings. The lowest BCUT2D eigenvalue weighted by Gasteiger charge is -2.14. The van der Waals surface area contributed by atoms with E-state index in [1.165, 1.54) is 0 Å². The summed E-state index contributed by atoms with van der Waals surface area (Å²) in [4.78, 5) is 22.9. The SMILES string of the molecule is Cc1cccc(CCN2Cc3nccc(Br)c3C2=O)n1. The lowest BCUT2D eigenvalue weighted by molar-refractivity contribution is 0.0779. The van der Waals surface area contributed by atoms with Gasteiger partial charge >= 0.3 is 0 Å². The standard InChI is InChI=1S/C15H14BrN3O/c1-10-3-2-4-11(18-10)6-8-19-9-13-14(15(19)20)12(16)5-7-17-13/h2-5,7H,6,8-9H2,1H3. The van der Waals surface area contributed by atoms with Crippen LogP contribution in [0.3, 0.4) is 0 Å². The third kappa shape index (κ3) is 2.45. The van der Waals surface area contributed by atoms with Crippen LogP contribution in [0, 0.1) is 6.92 Å². The van der Waals surface area contributed by atoms with Crippen LogP contribution in [0.25, 0.3) is 0 Å². The summed E-state index contributed by atoms with van der Waals surface area (Å²) >= 11 is 3.42. The van der Waals surface area contributed by atoms with Crippen LogP contribution in [-0.4, -0.2) is 27.3 Å². The first-order valence-corrected chi connectivity index (χ1v) is 7.29. The van der Waals surface area contributed by atoms with Crippen LogP contribution < -0.4 is 0 Å². The van der Waals surface area contributed by atoms with Crippen LogP contribution >= 0.6 is 15.9 Å². The molecule has 0 N–H and O–H groups in total.